The van der Waals surface area contributed by atoms with Crippen LogP contribution >= 0.6 is 0 Å². The van der Waals surface area contributed by atoms with Gasteiger partial charge in [0.2, 0.25) is 0 Å². The number of rotatable bonds is 5. The van der Waals surface area contributed by atoms with E-state index in [1.54, 1.807) is 32.4 Å². The first-order valence-corrected chi connectivity index (χ1v) is 9.59. The summed E-state index contributed by atoms with van der Waals surface area (Å²) in [6, 6.07) is 17.1. The van der Waals surface area contributed by atoms with Gasteiger partial charge in [-0.15, -0.1) is 0 Å². The number of hydrogen-bond donors (Lipinski definition) is 1. The molecule has 0 saturated carbocycles. The minimum absolute atomic E-state index is 0.282. The van der Waals surface area contributed by atoms with Crippen LogP contribution in [0.4, 0.5) is 5.69 Å². The first-order chi connectivity index (χ1) is 14.5. The average molecular weight is 401 g/mol. The van der Waals surface area contributed by atoms with Crippen LogP contribution in [-0.4, -0.2) is 29.5 Å². The van der Waals surface area contributed by atoms with Crippen molar-refractivity contribution < 1.29 is 14.3 Å². The molecule has 0 radical (unpaired) electrons. The Bertz CT molecular complexity index is 1230. The summed E-state index contributed by atoms with van der Waals surface area (Å²) in [6.45, 7) is 4.01. The Balaban J connectivity index is 1.85. The lowest BCUT2D eigenvalue weighted by molar-refractivity contribution is 0.102. The molecular formula is C24H23N3O3. The second-order valence-corrected chi connectivity index (χ2v) is 7.13. The Hall–Kier alpha value is -3.80. The van der Waals surface area contributed by atoms with E-state index in [-0.39, 0.29) is 5.91 Å². The van der Waals surface area contributed by atoms with Crippen LogP contribution in [0.5, 0.6) is 11.5 Å². The van der Waals surface area contributed by atoms with Gasteiger partial charge in [0, 0.05) is 17.8 Å². The van der Waals surface area contributed by atoms with Crippen molar-refractivity contribution in [2.45, 2.75) is 13.8 Å². The topological polar surface area (TPSA) is 64.9 Å². The first-order valence-electron chi connectivity index (χ1n) is 9.59. The van der Waals surface area contributed by atoms with Crippen LogP contribution in [-0.2, 0) is 0 Å². The third-order valence-corrected chi connectivity index (χ3v) is 4.96. The van der Waals surface area contributed by atoms with Gasteiger partial charge >= 0.3 is 0 Å². The molecule has 0 aliphatic heterocycles. The molecule has 0 unspecified atom stereocenters. The molecule has 30 heavy (non-hydrogen) atoms. The predicted octanol–water partition coefficient (Wildman–Crippen LogP) is 4.89. The summed E-state index contributed by atoms with van der Waals surface area (Å²) in [5.74, 6) is 0.889. The fraction of sp³-hybridized carbons (Fsp3) is 0.167. The number of imidazole rings is 1. The van der Waals surface area contributed by atoms with Crippen LogP contribution in [0, 0.1) is 13.8 Å². The molecule has 0 aliphatic carbocycles. The van der Waals surface area contributed by atoms with E-state index in [1.165, 1.54) is 0 Å². The van der Waals surface area contributed by atoms with Gasteiger partial charge in [-0.3, -0.25) is 9.20 Å². The molecule has 6 heteroatoms. The fourth-order valence-corrected chi connectivity index (χ4v) is 3.37. The Morgan fingerprint density at radius 3 is 2.37 bits per heavy atom. The highest BCUT2D eigenvalue weighted by molar-refractivity contribution is 6.08. The lowest BCUT2D eigenvalue weighted by Gasteiger charge is -2.12. The van der Waals surface area contributed by atoms with Crippen LogP contribution < -0.4 is 14.8 Å². The Morgan fingerprint density at radius 2 is 1.67 bits per heavy atom. The zero-order valence-electron chi connectivity index (χ0n) is 17.4. The number of fused-ring (bicyclic) bond motifs is 1. The van der Waals surface area contributed by atoms with E-state index in [9.17, 15) is 4.79 Å². The molecule has 1 amide bonds. The van der Waals surface area contributed by atoms with Gasteiger partial charge < -0.3 is 14.8 Å². The molecule has 2 heterocycles. The van der Waals surface area contributed by atoms with Crippen molar-refractivity contribution in [2.24, 2.45) is 0 Å². The van der Waals surface area contributed by atoms with E-state index in [0.717, 1.165) is 16.7 Å². The van der Waals surface area contributed by atoms with Gasteiger partial charge in [0.05, 0.1) is 19.9 Å². The van der Waals surface area contributed by atoms with Crippen molar-refractivity contribution in [2.75, 3.05) is 19.5 Å². The van der Waals surface area contributed by atoms with Crippen molar-refractivity contribution in [3.63, 3.8) is 0 Å². The van der Waals surface area contributed by atoms with E-state index in [1.807, 2.05) is 60.8 Å². The number of pyridine rings is 1. The maximum atomic E-state index is 13.5. The lowest BCUT2D eigenvalue weighted by Crippen LogP contribution is -2.16. The molecule has 0 fully saturated rings. The van der Waals surface area contributed by atoms with Gasteiger partial charge in [-0.2, -0.15) is 0 Å². The number of ether oxygens (including phenoxy) is 2. The number of nitrogens with zero attached hydrogens (tertiary/aromatic N) is 2. The van der Waals surface area contributed by atoms with E-state index in [0.29, 0.717) is 34.2 Å². The number of nitrogens with one attached hydrogen (secondary N) is 1. The number of carbonyl (C=O) groups excluding carboxylic acids is 1. The number of amides is 1. The zero-order valence-corrected chi connectivity index (χ0v) is 17.4. The minimum atomic E-state index is -0.282. The van der Waals surface area contributed by atoms with Gasteiger partial charge in [0.15, 0.2) is 0 Å². The summed E-state index contributed by atoms with van der Waals surface area (Å²) in [6.07, 6.45) is 1.91. The molecule has 2 aromatic heterocycles. The van der Waals surface area contributed by atoms with Gasteiger partial charge in [0.25, 0.3) is 5.91 Å². The van der Waals surface area contributed by atoms with Crippen LogP contribution in [0.15, 0.2) is 60.8 Å². The molecule has 0 saturated heterocycles. The van der Waals surface area contributed by atoms with E-state index >= 15 is 0 Å². The van der Waals surface area contributed by atoms with Crippen molar-refractivity contribution in [1.29, 1.82) is 0 Å². The van der Waals surface area contributed by atoms with Gasteiger partial charge in [-0.1, -0.05) is 35.9 Å². The number of anilines is 1. The van der Waals surface area contributed by atoms with Crippen molar-refractivity contribution in [1.82, 2.24) is 9.38 Å². The molecule has 1 N–H and O–H groups in total. The maximum absolute atomic E-state index is 13.5. The van der Waals surface area contributed by atoms with Crippen molar-refractivity contribution >= 4 is 17.2 Å². The summed E-state index contributed by atoms with van der Waals surface area (Å²) in [7, 11) is 3.14. The number of hydrogen-bond acceptors (Lipinski definition) is 4. The summed E-state index contributed by atoms with van der Waals surface area (Å²) in [5, 5.41) is 2.97. The third kappa shape index (κ3) is 3.59. The number of aryl methyl sites for hydroxylation is 2. The monoisotopic (exact) mass is 401 g/mol. The Kier molecular flexibility index (Phi) is 5.14. The average Bonchev–Trinajstić information content (AvgIpc) is 3.12. The summed E-state index contributed by atoms with van der Waals surface area (Å²) in [4.78, 5) is 18.2. The molecule has 4 aromatic rings. The largest absolute Gasteiger partial charge is 0.497 e. The fourth-order valence-electron chi connectivity index (χ4n) is 3.37. The van der Waals surface area contributed by atoms with Gasteiger partial charge in [0.1, 0.15) is 28.5 Å². The molecule has 2 aromatic carbocycles. The molecule has 0 spiro atoms. The maximum Gasteiger partial charge on any atom is 0.275 e. The van der Waals surface area contributed by atoms with Gasteiger partial charge in [-0.25, -0.2) is 4.98 Å². The molecule has 0 bridgehead atoms. The second kappa shape index (κ2) is 7.91. The van der Waals surface area contributed by atoms with E-state index in [4.69, 9.17) is 14.5 Å². The third-order valence-electron chi connectivity index (χ3n) is 4.96. The molecule has 6 nitrogen and oxygen atoms in total. The second-order valence-electron chi connectivity index (χ2n) is 7.13. The quantitative estimate of drug-likeness (QED) is 0.517. The SMILES string of the molecule is COc1ccc(OC)c(NC(=O)c2c(-c3ccc(C)cc3)nc3ccc(C)cn23)c1. The summed E-state index contributed by atoms with van der Waals surface area (Å²) in [5.41, 5.74) is 5.37. The van der Waals surface area contributed by atoms with Crippen molar-refractivity contribution in [3.05, 3.63) is 77.6 Å². The normalized spacial score (nSPS) is 10.8. The number of benzene rings is 2. The smallest absolute Gasteiger partial charge is 0.275 e. The summed E-state index contributed by atoms with van der Waals surface area (Å²) < 4.78 is 12.5. The zero-order chi connectivity index (χ0) is 21.3. The molecular weight excluding hydrogens is 378 g/mol. The standard InChI is InChI=1S/C24H23N3O3/c1-15-5-8-17(9-6-15)22-23(27-14-16(2)7-12-21(27)26-22)24(28)25-19-13-18(29-3)10-11-20(19)30-4/h5-14H,1-4H3,(H,25,28). The van der Waals surface area contributed by atoms with Crippen LogP contribution in [0.3, 0.4) is 0 Å². The minimum Gasteiger partial charge on any atom is -0.497 e. The van der Waals surface area contributed by atoms with Crippen molar-refractivity contribution in [3.8, 4) is 22.8 Å². The highest BCUT2D eigenvalue weighted by Crippen LogP contribution is 2.31. The molecule has 152 valence electrons. The number of carbonyl (C=O) groups is 1. The molecule has 0 atom stereocenters. The first kappa shape index (κ1) is 19.5. The van der Waals surface area contributed by atoms with E-state index < -0.39 is 0 Å². The Labute approximate surface area is 175 Å². The Morgan fingerprint density at radius 1 is 0.933 bits per heavy atom. The highest BCUT2D eigenvalue weighted by Gasteiger charge is 2.22. The predicted molar refractivity (Wildman–Crippen MR) is 118 cm³/mol. The molecule has 0 aliphatic rings. The summed E-state index contributed by atoms with van der Waals surface area (Å²) >= 11 is 0. The van der Waals surface area contributed by atoms with Crippen LogP contribution in [0.1, 0.15) is 21.6 Å². The van der Waals surface area contributed by atoms with E-state index in [2.05, 4.69) is 5.32 Å². The van der Waals surface area contributed by atoms with Crippen LogP contribution in [0.2, 0.25) is 0 Å². The highest BCUT2D eigenvalue weighted by atomic mass is 16.5. The lowest BCUT2D eigenvalue weighted by atomic mass is 10.1. The van der Waals surface area contributed by atoms with Crippen LogP contribution in [0.25, 0.3) is 16.9 Å². The van der Waals surface area contributed by atoms with Gasteiger partial charge in [-0.05, 0) is 37.6 Å². The number of aromatic nitrogens is 2. The molecule has 4 rings (SSSR count). The number of methoxy groups -OCH3 is 2.